The van der Waals surface area contributed by atoms with E-state index in [1.807, 2.05) is 0 Å². The Morgan fingerprint density at radius 2 is 1.58 bits per heavy atom. The molecule has 8 heteroatoms. The molecule has 0 atom stereocenters. The zero-order chi connectivity index (χ0) is 17.3. The van der Waals surface area contributed by atoms with Crippen molar-refractivity contribution in [3.8, 4) is 22.8 Å². The normalized spacial score (nSPS) is 11.5. The summed E-state index contributed by atoms with van der Waals surface area (Å²) >= 11 is 0. The summed E-state index contributed by atoms with van der Waals surface area (Å²) < 4.78 is 21.9. The maximum atomic E-state index is 11.3. The van der Waals surface area contributed by atoms with E-state index < -0.39 is 7.60 Å². The Bertz CT molecular complexity index is 937. The number of fused-ring (bicyclic) bond motifs is 1. The second-order valence-corrected chi connectivity index (χ2v) is 6.64. The first-order valence-electron chi connectivity index (χ1n) is 6.97. The van der Waals surface area contributed by atoms with Crippen LogP contribution in [-0.4, -0.2) is 34.0 Å². The van der Waals surface area contributed by atoms with E-state index in [2.05, 4.69) is 9.97 Å². The van der Waals surface area contributed by atoms with Crippen LogP contribution in [0.5, 0.6) is 11.5 Å². The molecule has 0 aliphatic rings. The van der Waals surface area contributed by atoms with Crippen LogP contribution >= 0.6 is 7.60 Å². The molecule has 0 unspecified atom stereocenters. The predicted molar refractivity (Wildman–Crippen MR) is 89.8 cm³/mol. The number of rotatable bonds is 4. The molecule has 3 aromatic rings. The van der Waals surface area contributed by atoms with Gasteiger partial charge in [0.05, 0.1) is 30.7 Å². The fraction of sp³-hybridized carbons (Fsp3) is 0.125. The smallest absolute Gasteiger partial charge is 0.356 e. The van der Waals surface area contributed by atoms with Crippen LogP contribution in [-0.2, 0) is 4.57 Å². The number of hydrogen-bond donors (Lipinski definition) is 2. The van der Waals surface area contributed by atoms with E-state index in [0.717, 1.165) is 5.39 Å². The predicted octanol–water partition coefficient (Wildman–Crippen LogP) is 2.12. The molecule has 24 heavy (non-hydrogen) atoms. The Balaban J connectivity index is 2.17. The van der Waals surface area contributed by atoms with Gasteiger partial charge in [-0.25, -0.2) is 9.97 Å². The fourth-order valence-corrected chi connectivity index (χ4v) is 2.96. The average molecular weight is 346 g/mol. The summed E-state index contributed by atoms with van der Waals surface area (Å²) in [4.78, 5) is 26.9. The lowest BCUT2D eigenvalue weighted by molar-refractivity contribution is 0.356. The van der Waals surface area contributed by atoms with Crippen LogP contribution in [0.2, 0.25) is 0 Å². The van der Waals surface area contributed by atoms with Gasteiger partial charge in [0.15, 0.2) is 11.5 Å². The largest absolute Gasteiger partial charge is 0.493 e. The number of ether oxygens (including phenoxy) is 2. The van der Waals surface area contributed by atoms with Crippen molar-refractivity contribution in [1.29, 1.82) is 0 Å². The second kappa shape index (κ2) is 6.20. The van der Waals surface area contributed by atoms with E-state index in [9.17, 15) is 14.4 Å². The van der Waals surface area contributed by atoms with Crippen molar-refractivity contribution >= 4 is 23.8 Å². The van der Waals surface area contributed by atoms with Gasteiger partial charge in [-0.05, 0) is 18.2 Å². The zero-order valence-electron chi connectivity index (χ0n) is 13.0. The minimum absolute atomic E-state index is 0.0381. The number of methoxy groups -OCH3 is 2. The first kappa shape index (κ1) is 16.4. The molecule has 7 nitrogen and oxygen atoms in total. The molecule has 0 spiro atoms. The molecule has 0 bridgehead atoms. The molecular weight excluding hydrogens is 331 g/mol. The van der Waals surface area contributed by atoms with Crippen LogP contribution in [0.1, 0.15) is 0 Å². The van der Waals surface area contributed by atoms with Crippen molar-refractivity contribution in [2.45, 2.75) is 0 Å². The molecule has 1 heterocycles. The first-order chi connectivity index (χ1) is 11.4. The third-order valence-corrected chi connectivity index (χ3v) is 4.59. The summed E-state index contributed by atoms with van der Waals surface area (Å²) in [6.45, 7) is 0. The molecule has 0 fully saturated rings. The van der Waals surface area contributed by atoms with Crippen LogP contribution in [0, 0.1) is 0 Å². The van der Waals surface area contributed by atoms with Crippen molar-refractivity contribution in [3.63, 3.8) is 0 Å². The van der Waals surface area contributed by atoms with E-state index in [-0.39, 0.29) is 5.30 Å². The highest BCUT2D eigenvalue weighted by Crippen LogP contribution is 2.36. The van der Waals surface area contributed by atoms with Crippen LogP contribution < -0.4 is 14.8 Å². The van der Waals surface area contributed by atoms with E-state index in [1.165, 1.54) is 18.5 Å². The Morgan fingerprint density at radius 1 is 0.958 bits per heavy atom. The zero-order valence-corrected chi connectivity index (χ0v) is 13.9. The molecule has 0 aliphatic heterocycles. The van der Waals surface area contributed by atoms with Gasteiger partial charge in [0.1, 0.15) is 6.33 Å². The molecule has 3 rings (SSSR count). The van der Waals surface area contributed by atoms with E-state index >= 15 is 0 Å². The molecule has 0 amide bonds. The van der Waals surface area contributed by atoms with Crippen LogP contribution in [0.15, 0.2) is 42.7 Å². The Morgan fingerprint density at radius 3 is 2.17 bits per heavy atom. The molecule has 124 valence electrons. The van der Waals surface area contributed by atoms with Gasteiger partial charge in [0, 0.05) is 17.0 Å². The highest BCUT2D eigenvalue weighted by molar-refractivity contribution is 7.60. The molecule has 1 aromatic heterocycles. The summed E-state index contributed by atoms with van der Waals surface area (Å²) in [5.74, 6) is 1.11. The maximum absolute atomic E-state index is 11.3. The monoisotopic (exact) mass is 346 g/mol. The molecule has 2 aromatic carbocycles. The van der Waals surface area contributed by atoms with Crippen molar-refractivity contribution in [2.75, 3.05) is 14.2 Å². The Labute approximate surface area is 138 Å². The lowest BCUT2D eigenvalue weighted by Gasteiger charge is -2.11. The van der Waals surface area contributed by atoms with Crippen LogP contribution in [0.3, 0.4) is 0 Å². The Hall–Kier alpha value is -2.47. The van der Waals surface area contributed by atoms with Gasteiger partial charge < -0.3 is 19.3 Å². The third-order valence-electron chi connectivity index (χ3n) is 3.62. The molecule has 0 radical (unpaired) electrons. The van der Waals surface area contributed by atoms with Crippen molar-refractivity contribution in [1.82, 2.24) is 9.97 Å². The molecule has 2 N–H and O–H groups in total. The SMILES string of the molecule is COc1cc2ncnc(-c3ccc(P(=O)(O)O)cc3)c2cc1OC. The van der Waals surface area contributed by atoms with E-state index in [4.69, 9.17) is 9.47 Å². The summed E-state index contributed by atoms with van der Waals surface area (Å²) in [5, 5.41) is 0.711. The summed E-state index contributed by atoms with van der Waals surface area (Å²) in [6, 6.07) is 9.55. The molecule has 0 saturated heterocycles. The summed E-state index contributed by atoms with van der Waals surface area (Å²) in [5.41, 5.74) is 2.03. The quantitative estimate of drug-likeness (QED) is 0.698. The highest BCUT2D eigenvalue weighted by atomic mass is 31.2. The highest BCUT2D eigenvalue weighted by Gasteiger charge is 2.17. The van der Waals surface area contributed by atoms with Gasteiger partial charge in [-0.3, -0.25) is 4.57 Å². The van der Waals surface area contributed by atoms with Crippen molar-refractivity contribution < 1.29 is 23.8 Å². The van der Waals surface area contributed by atoms with Gasteiger partial charge in [0.25, 0.3) is 0 Å². The Kier molecular flexibility index (Phi) is 4.24. The van der Waals surface area contributed by atoms with Crippen LogP contribution in [0.4, 0.5) is 0 Å². The fourth-order valence-electron chi connectivity index (χ4n) is 2.43. The van der Waals surface area contributed by atoms with Gasteiger partial charge in [0.2, 0.25) is 0 Å². The summed E-state index contributed by atoms with van der Waals surface area (Å²) in [6.07, 6.45) is 1.43. The van der Waals surface area contributed by atoms with Gasteiger partial charge in [-0.15, -0.1) is 0 Å². The topological polar surface area (TPSA) is 102 Å². The van der Waals surface area contributed by atoms with Gasteiger partial charge in [-0.1, -0.05) is 12.1 Å². The third kappa shape index (κ3) is 2.97. The lowest BCUT2D eigenvalue weighted by Crippen LogP contribution is -2.02. The van der Waals surface area contributed by atoms with Crippen LogP contribution in [0.25, 0.3) is 22.2 Å². The standard InChI is InChI=1S/C16H15N2O5P/c1-22-14-7-12-13(8-15(14)23-2)17-9-18-16(12)10-3-5-11(6-4-10)24(19,20)21/h3-9H,1-2H3,(H2,19,20,21). The molecule has 0 aliphatic carbocycles. The van der Waals surface area contributed by atoms with Gasteiger partial charge >= 0.3 is 7.60 Å². The maximum Gasteiger partial charge on any atom is 0.356 e. The first-order valence-corrected chi connectivity index (χ1v) is 8.58. The number of hydrogen-bond acceptors (Lipinski definition) is 5. The van der Waals surface area contributed by atoms with Crippen molar-refractivity contribution in [2.24, 2.45) is 0 Å². The molecular formula is C16H15N2O5P. The number of nitrogens with zero attached hydrogens (tertiary/aromatic N) is 2. The minimum atomic E-state index is -4.27. The number of benzene rings is 2. The van der Waals surface area contributed by atoms with Gasteiger partial charge in [-0.2, -0.15) is 0 Å². The second-order valence-electron chi connectivity index (χ2n) is 5.04. The lowest BCUT2D eigenvalue weighted by atomic mass is 10.1. The average Bonchev–Trinajstić information content (AvgIpc) is 2.59. The van der Waals surface area contributed by atoms with E-state index in [0.29, 0.717) is 28.3 Å². The molecule has 0 saturated carbocycles. The number of aromatic nitrogens is 2. The minimum Gasteiger partial charge on any atom is -0.493 e. The van der Waals surface area contributed by atoms with E-state index in [1.54, 1.807) is 38.5 Å². The summed E-state index contributed by atoms with van der Waals surface area (Å²) in [7, 11) is -1.18. The van der Waals surface area contributed by atoms with Crippen molar-refractivity contribution in [3.05, 3.63) is 42.7 Å².